The van der Waals surface area contributed by atoms with Crippen LogP contribution in [0.1, 0.15) is 76.8 Å². The highest BCUT2D eigenvalue weighted by atomic mass is 16.5. The number of carbonyl (C=O) groups is 1. The summed E-state index contributed by atoms with van der Waals surface area (Å²) in [5.41, 5.74) is 7.39. The molecular formula is C29H32N2O2. The van der Waals surface area contributed by atoms with Gasteiger partial charge in [0, 0.05) is 36.7 Å². The molecule has 1 fully saturated rings. The van der Waals surface area contributed by atoms with E-state index in [0.29, 0.717) is 12.3 Å². The molecule has 2 heterocycles. The van der Waals surface area contributed by atoms with E-state index in [2.05, 4.69) is 31.2 Å². The third-order valence-corrected chi connectivity index (χ3v) is 7.49. The number of nitrogens with zero attached hydrogens (tertiary/aromatic N) is 2. The number of hydrogen-bond acceptors (Lipinski definition) is 3. The number of carbonyl (C=O) groups excluding carboxylic acids is 1. The monoisotopic (exact) mass is 440 g/mol. The molecule has 0 saturated heterocycles. The predicted molar refractivity (Wildman–Crippen MR) is 132 cm³/mol. The predicted octanol–water partition coefficient (Wildman–Crippen LogP) is 6.16. The van der Waals surface area contributed by atoms with Crippen LogP contribution in [-0.2, 0) is 12.8 Å². The summed E-state index contributed by atoms with van der Waals surface area (Å²) < 4.78 is 5.80. The van der Waals surface area contributed by atoms with Gasteiger partial charge in [0.2, 0.25) is 0 Å². The highest BCUT2D eigenvalue weighted by Gasteiger charge is 2.25. The van der Waals surface area contributed by atoms with E-state index in [4.69, 9.17) is 9.72 Å². The maximum Gasteiger partial charge on any atom is 0.258 e. The van der Waals surface area contributed by atoms with Crippen LogP contribution in [0.3, 0.4) is 0 Å². The van der Waals surface area contributed by atoms with Gasteiger partial charge in [0.05, 0.1) is 19.0 Å². The van der Waals surface area contributed by atoms with E-state index < -0.39 is 0 Å². The Morgan fingerprint density at radius 2 is 1.82 bits per heavy atom. The minimum Gasteiger partial charge on any atom is -0.496 e. The first-order valence-corrected chi connectivity index (χ1v) is 12.0. The lowest BCUT2D eigenvalue weighted by Crippen LogP contribution is -2.26. The van der Waals surface area contributed by atoms with Crippen LogP contribution in [0.25, 0.3) is 0 Å². The van der Waals surface area contributed by atoms with Crippen molar-refractivity contribution in [3.63, 3.8) is 0 Å². The van der Waals surface area contributed by atoms with Crippen LogP contribution in [0.2, 0.25) is 0 Å². The van der Waals surface area contributed by atoms with E-state index in [1.165, 1.54) is 31.2 Å². The van der Waals surface area contributed by atoms with E-state index >= 15 is 0 Å². The second kappa shape index (κ2) is 9.01. The molecule has 0 atom stereocenters. The summed E-state index contributed by atoms with van der Waals surface area (Å²) in [7, 11) is 3.59. The number of anilines is 1. The fourth-order valence-electron chi connectivity index (χ4n) is 5.41. The first kappa shape index (κ1) is 21.7. The Morgan fingerprint density at radius 3 is 2.61 bits per heavy atom. The van der Waals surface area contributed by atoms with Gasteiger partial charge in [0.1, 0.15) is 5.75 Å². The van der Waals surface area contributed by atoms with Gasteiger partial charge in [-0.05, 0) is 59.6 Å². The minimum atomic E-state index is 0.0215. The molecule has 0 spiro atoms. The minimum absolute atomic E-state index is 0.0215. The molecular weight excluding hydrogens is 408 g/mol. The molecule has 1 amide bonds. The van der Waals surface area contributed by atoms with E-state index in [1.807, 2.05) is 37.5 Å². The molecule has 4 heteroatoms. The maximum atomic E-state index is 12.9. The largest absolute Gasteiger partial charge is 0.496 e. The number of ether oxygens (including phenoxy) is 1. The van der Waals surface area contributed by atoms with Crippen LogP contribution in [0.5, 0.6) is 5.75 Å². The van der Waals surface area contributed by atoms with Gasteiger partial charge in [-0.15, -0.1) is 0 Å². The summed E-state index contributed by atoms with van der Waals surface area (Å²) in [6.07, 6.45) is 8.44. The van der Waals surface area contributed by atoms with Crippen LogP contribution >= 0.6 is 0 Å². The molecule has 5 rings (SSSR count). The summed E-state index contributed by atoms with van der Waals surface area (Å²) in [5, 5.41) is 0. The van der Waals surface area contributed by atoms with Crippen molar-refractivity contribution in [3.8, 4) is 5.75 Å². The number of aromatic nitrogens is 1. The highest BCUT2D eigenvalue weighted by Crippen LogP contribution is 2.38. The van der Waals surface area contributed by atoms with Gasteiger partial charge in [-0.25, -0.2) is 0 Å². The van der Waals surface area contributed by atoms with Crippen LogP contribution in [0, 0.1) is 5.92 Å². The first-order chi connectivity index (χ1) is 16.0. The zero-order valence-corrected chi connectivity index (χ0v) is 19.8. The molecule has 33 heavy (non-hydrogen) atoms. The van der Waals surface area contributed by atoms with E-state index in [9.17, 15) is 4.79 Å². The normalized spacial score (nSPS) is 20.1. The molecule has 1 saturated carbocycles. The molecule has 0 N–H and O–H groups in total. The van der Waals surface area contributed by atoms with Crippen molar-refractivity contribution in [2.75, 3.05) is 19.1 Å². The van der Waals surface area contributed by atoms with E-state index in [0.717, 1.165) is 51.7 Å². The fourth-order valence-corrected chi connectivity index (χ4v) is 5.41. The Kier molecular flexibility index (Phi) is 5.92. The van der Waals surface area contributed by atoms with Crippen LogP contribution in [-0.4, -0.2) is 25.0 Å². The van der Waals surface area contributed by atoms with Gasteiger partial charge in [-0.1, -0.05) is 50.1 Å². The summed E-state index contributed by atoms with van der Waals surface area (Å²) in [5.74, 6) is 2.46. The number of methoxy groups -OCH3 is 1. The van der Waals surface area contributed by atoms with Crippen molar-refractivity contribution < 1.29 is 9.53 Å². The van der Waals surface area contributed by atoms with Gasteiger partial charge in [0.15, 0.2) is 0 Å². The lowest BCUT2D eigenvalue weighted by Gasteiger charge is -2.27. The molecule has 3 aromatic rings. The summed E-state index contributed by atoms with van der Waals surface area (Å²) in [6, 6.07) is 16.8. The van der Waals surface area contributed by atoms with Crippen molar-refractivity contribution >= 4 is 11.6 Å². The Balaban J connectivity index is 1.42. The number of rotatable bonds is 4. The van der Waals surface area contributed by atoms with Gasteiger partial charge >= 0.3 is 0 Å². The number of pyridine rings is 1. The van der Waals surface area contributed by atoms with Gasteiger partial charge in [-0.2, -0.15) is 0 Å². The van der Waals surface area contributed by atoms with Crippen LogP contribution < -0.4 is 9.64 Å². The molecule has 2 aromatic carbocycles. The Bertz CT molecular complexity index is 1180. The number of amides is 1. The van der Waals surface area contributed by atoms with Crippen LogP contribution in [0.4, 0.5) is 5.69 Å². The van der Waals surface area contributed by atoms with Crippen molar-refractivity contribution in [2.24, 2.45) is 5.92 Å². The van der Waals surface area contributed by atoms with E-state index in [-0.39, 0.29) is 5.91 Å². The van der Waals surface area contributed by atoms with Crippen molar-refractivity contribution in [1.29, 1.82) is 0 Å². The van der Waals surface area contributed by atoms with Crippen molar-refractivity contribution in [2.45, 2.75) is 51.4 Å². The molecule has 1 aliphatic carbocycles. The SMILES string of the molecule is COc1cc(C2CCC(C)CC2)ccc1Cc1cc2c(cn1)N(C)C(=O)c1ccccc1C2. The average Bonchev–Trinajstić information content (AvgIpc) is 2.94. The first-order valence-electron chi connectivity index (χ1n) is 12.0. The van der Waals surface area contributed by atoms with Gasteiger partial charge < -0.3 is 9.64 Å². The zero-order chi connectivity index (χ0) is 22.9. The fraction of sp³-hybridized carbons (Fsp3) is 0.379. The standard InChI is InChI=1S/C29H32N2O2/c1-19-8-10-20(11-9-19)21-12-13-23(28(17-21)33-3)15-25-16-24-14-22-6-4-5-7-26(22)29(32)31(2)27(24)18-30-25/h4-7,12-13,16-20H,8-11,14-15H2,1-3H3. The zero-order valence-electron chi connectivity index (χ0n) is 19.8. The topological polar surface area (TPSA) is 42.4 Å². The number of fused-ring (bicyclic) bond motifs is 2. The van der Waals surface area contributed by atoms with Crippen molar-refractivity contribution in [1.82, 2.24) is 4.98 Å². The summed E-state index contributed by atoms with van der Waals surface area (Å²) >= 11 is 0. The Morgan fingerprint density at radius 1 is 1.03 bits per heavy atom. The van der Waals surface area contributed by atoms with Crippen LogP contribution in [0.15, 0.2) is 54.7 Å². The Hall–Kier alpha value is -3.14. The highest BCUT2D eigenvalue weighted by molar-refractivity contribution is 6.08. The quantitative estimate of drug-likeness (QED) is 0.488. The van der Waals surface area contributed by atoms with Gasteiger partial charge in [-0.3, -0.25) is 9.78 Å². The van der Waals surface area contributed by atoms with Crippen molar-refractivity contribution in [3.05, 3.63) is 88.2 Å². The average molecular weight is 441 g/mol. The lowest BCUT2D eigenvalue weighted by atomic mass is 9.79. The number of benzene rings is 2. The number of hydrogen-bond donors (Lipinski definition) is 0. The molecule has 2 aliphatic rings. The maximum absolute atomic E-state index is 12.9. The molecule has 4 nitrogen and oxygen atoms in total. The smallest absolute Gasteiger partial charge is 0.258 e. The second-order valence-electron chi connectivity index (χ2n) is 9.71. The van der Waals surface area contributed by atoms with E-state index in [1.54, 1.807) is 12.0 Å². The third-order valence-electron chi connectivity index (χ3n) is 7.49. The molecule has 0 bridgehead atoms. The second-order valence-corrected chi connectivity index (χ2v) is 9.71. The molecule has 170 valence electrons. The molecule has 1 aromatic heterocycles. The summed E-state index contributed by atoms with van der Waals surface area (Å²) in [6.45, 7) is 2.36. The summed E-state index contributed by atoms with van der Waals surface area (Å²) in [4.78, 5) is 19.4. The lowest BCUT2D eigenvalue weighted by molar-refractivity contribution is 0.0993. The third kappa shape index (κ3) is 4.27. The molecule has 0 radical (unpaired) electrons. The molecule has 1 aliphatic heterocycles. The van der Waals surface area contributed by atoms with Gasteiger partial charge in [0.25, 0.3) is 5.91 Å². The Labute approximate surface area is 196 Å². The molecule has 0 unspecified atom stereocenters.